The predicted molar refractivity (Wildman–Crippen MR) is 91.8 cm³/mol. The van der Waals surface area contributed by atoms with Gasteiger partial charge in [0, 0.05) is 31.3 Å². The fourth-order valence-corrected chi connectivity index (χ4v) is 4.13. The van der Waals surface area contributed by atoms with Crippen molar-refractivity contribution in [1.82, 2.24) is 14.7 Å². The summed E-state index contributed by atoms with van der Waals surface area (Å²) >= 11 is 0. The van der Waals surface area contributed by atoms with E-state index in [4.69, 9.17) is 4.74 Å². The fraction of sp³-hybridized carbons (Fsp3) is 0.474. The molecule has 126 valence electrons. The molecular weight excluding hydrogens is 302 g/mol. The van der Waals surface area contributed by atoms with Crippen LogP contribution in [0.15, 0.2) is 24.3 Å². The first kappa shape index (κ1) is 15.2. The predicted octanol–water partition coefficient (Wildman–Crippen LogP) is 3.10. The van der Waals surface area contributed by atoms with E-state index in [-0.39, 0.29) is 5.91 Å². The topological polar surface area (TPSA) is 47.4 Å². The summed E-state index contributed by atoms with van der Waals surface area (Å²) < 4.78 is 7.68. The van der Waals surface area contributed by atoms with Crippen LogP contribution in [-0.4, -0.2) is 33.7 Å². The maximum atomic E-state index is 13.1. The van der Waals surface area contributed by atoms with Gasteiger partial charge in [-0.2, -0.15) is 5.10 Å². The highest BCUT2D eigenvalue weighted by atomic mass is 16.5. The summed E-state index contributed by atoms with van der Waals surface area (Å²) in [6, 6.07) is 7.93. The number of amides is 1. The molecule has 1 amide bonds. The SMILES string of the molecule is C[C@@H]1C[C@@H](C)CN(C(=O)c2nn(C)c3c2COc2ccccc2-3)C1. The smallest absolute Gasteiger partial charge is 0.274 e. The van der Waals surface area contributed by atoms with Gasteiger partial charge in [-0.3, -0.25) is 9.48 Å². The van der Waals surface area contributed by atoms with Gasteiger partial charge in [-0.15, -0.1) is 0 Å². The summed E-state index contributed by atoms with van der Waals surface area (Å²) in [6.45, 7) is 6.45. The van der Waals surface area contributed by atoms with E-state index in [0.717, 1.165) is 35.7 Å². The summed E-state index contributed by atoms with van der Waals surface area (Å²) in [5, 5.41) is 4.56. The van der Waals surface area contributed by atoms with Crippen molar-refractivity contribution in [1.29, 1.82) is 0 Å². The van der Waals surface area contributed by atoms with Gasteiger partial charge in [-0.25, -0.2) is 0 Å². The number of piperidine rings is 1. The number of likely N-dealkylation sites (tertiary alicyclic amines) is 1. The van der Waals surface area contributed by atoms with Crippen LogP contribution in [0.5, 0.6) is 5.75 Å². The zero-order valence-electron chi connectivity index (χ0n) is 14.5. The molecule has 0 unspecified atom stereocenters. The summed E-state index contributed by atoms with van der Waals surface area (Å²) in [5.41, 5.74) is 3.46. The second kappa shape index (κ2) is 5.65. The fourth-order valence-electron chi connectivity index (χ4n) is 4.13. The zero-order valence-corrected chi connectivity index (χ0v) is 14.5. The molecule has 0 spiro atoms. The molecule has 2 aromatic rings. The molecular formula is C19H23N3O2. The van der Waals surface area contributed by atoms with Crippen molar-refractivity contribution in [3.63, 3.8) is 0 Å². The molecule has 4 rings (SSSR count). The Hall–Kier alpha value is -2.30. The third kappa shape index (κ3) is 2.39. The number of carbonyl (C=O) groups excluding carboxylic acids is 1. The Morgan fingerprint density at radius 3 is 2.67 bits per heavy atom. The highest BCUT2D eigenvalue weighted by Crippen LogP contribution is 2.38. The van der Waals surface area contributed by atoms with E-state index in [1.807, 2.05) is 40.9 Å². The van der Waals surface area contributed by atoms with Crippen molar-refractivity contribution in [2.45, 2.75) is 26.9 Å². The van der Waals surface area contributed by atoms with Gasteiger partial charge < -0.3 is 9.64 Å². The van der Waals surface area contributed by atoms with Crippen LogP contribution in [0.4, 0.5) is 0 Å². The third-order valence-corrected chi connectivity index (χ3v) is 5.02. The van der Waals surface area contributed by atoms with Gasteiger partial charge in [0.15, 0.2) is 5.69 Å². The largest absolute Gasteiger partial charge is 0.488 e. The first-order chi connectivity index (χ1) is 11.5. The van der Waals surface area contributed by atoms with Crippen LogP contribution >= 0.6 is 0 Å². The van der Waals surface area contributed by atoms with Crippen LogP contribution in [0.2, 0.25) is 0 Å². The maximum absolute atomic E-state index is 13.1. The molecule has 0 radical (unpaired) electrons. The van der Waals surface area contributed by atoms with E-state index in [1.165, 1.54) is 6.42 Å². The lowest BCUT2D eigenvalue weighted by atomic mass is 9.91. The van der Waals surface area contributed by atoms with Gasteiger partial charge in [0.05, 0.1) is 5.69 Å². The molecule has 0 aliphatic carbocycles. The number of nitrogens with zero attached hydrogens (tertiary/aromatic N) is 3. The van der Waals surface area contributed by atoms with Gasteiger partial charge >= 0.3 is 0 Å². The molecule has 5 nitrogen and oxygen atoms in total. The number of ether oxygens (including phenoxy) is 1. The van der Waals surface area contributed by atoms with E-state index in [9.17, 15) is 4.79 Å². The lowest BCUT2D eigenvalue weighted by Crippen LogP contribution is -2.43. The van der Waals surface area contributed by atoms with Crippen LogP contribution in [0.25, 0.3) is 11.3 Å². The molecule has 1 saturated heterocycles. The van der Waals surface area contributed by atoms with Crippen LogP contribution in [-0.2, 0) is 13.7 Å². The minimum atomic E-state index is 0.0354. The number of benzene rings is 1. The number of para-hydroxylation sites is 1. The monoisotopic (exact) mass is 325 g/mol. The lowest BCUT2D eigenvalue weighted by molar-refractivity contribution is 0.0614. The number of hydrogen-bond acceptors (Lipinski definition) is 3. The third-order valence-electron chi connectivity index (χ3n) is 5.02. The van der Waals surface area contributed by atoms with Crippen LogP contribution < -0.4 is 4.74 Å². The van der Waals surface area contributed by atoms with Crippen molar-refractivity contribution < 1.29 is 9.53 Å². The van der Waals surface area contributed by atoms with E-state index in [2.05, 4.69) is 18.9 Å². The van der Waals surface area contributed by atoms with E-state index < -0.39 is 0 Å². The Morgan fingerprint density at radius 1 is 1.21 bits per heavy atom. The number of aryl methyl sites for hydroxylation is 1. The highest BCUT2D eigenvalue weighted by molar-refractivity contribution is 5.96. The molecule has 24 heavy (non-hydrogen) atoms. The van der Waals surface area contributed by atoms with Crippen molar-refractivity contribution in [2.24, 2.45) is 18.9 Å². The lowest BCUT2D eigenvalue weighted by Gasteiger charge is -2.34. The Kier molecular flexibility index (Phi) is 3.59. The molecule has 1 aromatic carbocycles. The maximum Gasteiger partial charge on any atom is 0.274 e. The Balaban J connectivity index is 1.73. The molecule has 0 saturated carbocycles. The minimum absolute atomic E-state index is 0.0354. The molecule has 1 aromatic heterocycles. The van der Waals surface area contributed by atoms with Gasteiger partial charge in [0.25, 0.3) is 5.91 Å². The second-order valence-electron chi connectivity index (χ2n) is 7.24. The molecule has 0 N–H and O–H groups in total. The van der Waals surface area contributed by atoms with Gasteiger partial charge in [-0.1, -0.05) is 26.0 Å². The van der Waals surface area contributed by atoms with Crippen molar-refractivity contribution in [2.75, 3.05) is 13.1 Å². The van der Waals surface area contributed by atoms with Gasteiger partial charge in [0.2, 0.25) is 0 Å². The molecule has 0 bridgehead atoms. The normalized spacial score (nSPS) is 22.5. The van der Waals surface area contributed by atoms with Crippen molar-refractivity contribution in [3.8, 4) is 17.0 Å². The average molecular weight is 325 g/mol. The molecule has 1 fully saturated rings. The summed E-state index contributed by atoms with van der Waals surface area (Å²) in [7, 11) is 1.90. The van der Waals surface area contributed by atoms with E-state index in [0.29, 0.717) is 24.1 Å². The van der Waals surface area contributed by atoms with Gasteiger partial charge in [-0.05, 0) is 30.4 Å². The Morgan fingerprint density at radius 2 is 1.92 bits per heavy atom. The average Bonchev–Trinajstić information content (AvgIpc) is 2.90. The standard InChI is InChI=1S/C19H23N3O2/c1-12-8-13(2)10-22(9-12)19(23)17-15-11-24-16-7-5-4-6-14(16)18(15)21(3)20-17/h4-7,12-13H,8-11H2,1-3H3/t12-,13-/m1/s1. The minimum Gasteiger partial charge on any atom is -0.488 e. The quantitative estimate of drug-likeness (QED) is 0.809. The first-order valence-corrected chi connectivity index (χ1v) is 8.62. The highest BCUT2D eigenvalue weighted by Gasteiger charge is 2.33. The zero-order chi connectivity index (χ0) is 16.8. The Labute approximate surface area is 142 Å². The summed E-state index contributed by atoms with van der Waals surface area (Å²) in [5.74, 6) is 1.96. The number of aromatic nitrogens is 2. The van der Waals surface area contributed by atoms with Crippen molar-refractivity contribution >= 4 is 5.91 Å². The number of rotatable bonds is 1. The number of hydrogen-bond donors (Lipinski definition) is 0. The summed E-state index contributed by atoms with van der Waals surface area (Å²) in [4.78, 5) is 15.0. The molecule has 3 heterocycles. The van der Waals surface area contributed by atoms with Gasteiger partial charge in [0.1, 0.15) is 12.4 Å². The van der Waals surface area contributed by atoms with Crippen LogP contribution in [0.3, 0.4) is 0 Å². The Bertz CT molecular complexity index is 786. The van der Waals surface area contributed by atoms with E-state index >= 15 is 0 Å². The van der Waals surface area contributed by atoms with Crippen LogP contribution in [0, 0.1) is 11.8 Å². The molecule has 2 aliphatic heterocycles. The van der Waals surface area contributed by atoms with E-state index in [1.54, 1.807) is 0 Å². The van der Waals surface area contributed by atoms with Crippen molar-refractivity contribution in [3.05, 3.63) is 35.5 Å². The van der Waals surface area contributed by atoms with Crippen LogP contribution in [0.1, 0.15) is 36.3 Å². The summed E-state index contributed by atoms with van der Waals surface area (Å²) in [6.07, 6.45) is 1.18. The molecule has 2 atom stereocenters. The molecule has 5 heteroatoms. The first-order valence-electron chi connectivity index (χ1n) is 8.62. The number of fused-ring (bicyclic) bond motifs is 3. The number of carbonyl (C=O) groups is 1. The second-order valence-corrected chi connectivity index (χ2v) is 7.24. The molecule has 2 aliphatic rings.